The van der Waals surface area contributed by atoms with Gasteiger partial charge in [-0.05, 0) is 24.5 Å². The molecule has 2 aromatic rings. The predicted octanol–water partition coefficient (Wildman–Crippen LogP) is 3.74. The van der Waals surface area contributed by atoms with Gasteiger partial charge < -0.3 is 15.7 Å². The van der Waals surface area contributed by atoms with Crippen molar-refractivity contribution in [3.63, 3.8) is 0 Å². The molecule has 110 valence electrons. The first-order valence-electron chi connectivity index (χ1n) is 6.18. The molecule has 0 saturated carbocycles. The summed E-state index contributed by atoms with van der Waals surface area (Å²) in [6.07, 6.45) is 2.00. The Kier molecular flexibility index (Phi) is 5.36. The van der Waals surface area contributed by atoms with Crippen LogP contribution in [0.4, 0.5) is 0 Å². The number of amidine groups is 1. The Bertz CT molecular complexity index is 662. The quantitative estimate of drug-likeness (QED) is 0.289. The van der Waals surface area contributed by atoms with E-state index in [4.69, 9.17) is 27.3 Å². The van der Waals surface area contributed by atoms with Crippen molar-refractivity contribution in [3.05, 3.63) is 58.6 Å². The Morgan fingerprint density at radius 1 is 1.33 bits per heavy atom. The molecule has 0 aliphatic heterocycles. The standard InChI is InChI=1S/C15H15ClN2O2S/c1-21-14-5-3-2-4-13(14)20-9-11-7-6-10(8-12(11)16)15(17)18-19/h2-8,19H,9H2,1H3,(H2,17,18). The maximum absolute atomic E-state index is 8.65. The number of benzene rings is 2. The van der Waals surface area contributed by atoms with Crippen LogP contribution in [-0.4, -0.2) is 17.3 Å². The van der Waals surface area contributed by atoms with Crippen LogP contribution < -0.4 is 10.5 Å². The van der Waals surface area contributed by atoms with E-state index in [-0.39, 0.29) is 5.84 Å². The van der Waals surface area contributed by atoms with Gasteiger partial charge in [0.2, 0.25) is 0 Å². The van der Waals surface area contributed by atoms with Crippen molar-refractivity contribution < 1.29 is 9.94 Å². The summed E-state index contributed by atoms with van der Waals surface area (Å²) in [5, 5.41) is 12.1. The lowest BCUT2D eigenvalue weighted by Gasteiger charge is -2.11. The molecule has 21 heavy (non-hydrogen) atoms. The molecule has 0 spiro atoms. The molecule has 0 heterocycles. The van der Waals surface area contributed by atoms with E-state index in [1.165, 1.54) is 0 Å². The highest BCUT2D eigenvalue weighted by atomic mass is 35.5. The first-order chi connectivity index (χ1) is 10.2. The summed E-state index contributed by atoms with van der Waals surface area (Å²) in [5.74, 6) is 0.846. The third-order valence-electron chi connectivity index (χ3n) is 2.91. The number of hydrogen-bond donors (Lipinski definition) is 2. The number of ether oxygens (including phenoxy) is 1. The largest absolute Gasteiger partial charge is 0.488 e. The van der Waals surface area contributed by atoms with E-state index in [0.29, 0.717) is 17.2 Å². The minimum atomic E-state index is 0.0251. The Morgan fingerprint density at radius 3 is 2.76 bits per heavy atom. The SMILES string of the molecule is CSc1ccccc1OCc1ccc(/C(N)=N/O)cc1Cl. The second kappa shape index (κ2) is 7.24. The molecule has 0 atom stereocenters. The van der Waals surface area contributed by atoms with Crippen molar-refractivity contribution in [2.45, 2.75) is 11.5 Å². The molecular formula is C15H15ClN2O2S. The summed E-state index contributed by atoms with van der Waals surface area (Å²) in [6, 6.07) is 13.0. The highest BCUT2D eigenvalue weighted by Gasteiger charge is 2.07. The van der Waals surface area contributed by atoms with Gasteiger partial charge in [0.15, 0.2) is 5.84 Å². The van der Waals surface area contributed by atoms with Crippen molar-refractivity contribution in [1.82, 2.24) is 0 Å². The maximum Gasteiger partial charge on any atom is 0.170 e. The van der Waals surface area contributed by atoms with Crippen LogP contribution in [-0.2, 0) is 6.61 Å². The van der Waals surface area contributed by atoms with E-state index in [1.807, 2.05) is 30.5 Å². The second-order valence-electron chi connectivity index (χ2n) is 4.23. The van der Waals surface area contributed by atoms with Crippen molar-refractivity contribution >= 4 is 29.2 Å². The second-order valence-corrected chi connectivity index (χ2v) is 5.49. The first-order valence-corrected chi connectivity index (χ1v) is 7.78. The average molecular weight is 323 g/mol. The van der Waals surface area contributed by atoms with Crippen LogP contribution in [0.3, 0.4) is 0 Å². The van der Waals surface area contributed by atoms with Gasteiger partial charge in [0, 0.05) is 21.0 Å². The van der Waals surface area contributed by atoms with Crippen LogP contribution in [0.1, 0.15) is 11.1 Å². The van der Waals surface area contributed by atoms with Crippen molar-refractivity contribution in [1.29, 1.82) is 0 Å². The number of hydrogen-bond acceptors (Lipinski definition) is 4. The summed E-state index contributed by atoms with van der Waals surface area (Å²) in [6.45, 7) is 0.354. The van der Waals surface area contributed by atoms with Gasteiger partial charge in [-0.25, -0.2) is 0 Å². The number of oxime groups is 1. The van der Waals surface area contributed by atoms with Crippen LogP contribution in [0, 0.1) is 0 Å². The van der Waals surface area contributed by atoms with Gasteiger partial charge in [-0.3, -0.25) is 0 Å². The summed E-state index contributed by atoms with van der Waals surface area (Å²) in [7, 11) is 0. The number of halogens is 1. The third kappa shape index (κ3) is 3.83. The number of para-hydroxylation sites is 1. The van der Waals surface area contributed by atoms with Crippen molar-refractivity contribution in [2.75, 3.05) is 6.26 Å². The van der Waals surface area contributed by atoms with Gasteiger partial charge in [-0.15, -0.1) is 11.8 Å². The van der Waals surface area contributed by atoms with E-state index in [0.717, 1.165) is 16.2 Å². The van der Waals surface area contributed by atoms with Crippen molar-refractivity contribution in [2.24, 2.45) is 10.9 Å². The summed E-state index contributed by atoms with van der Waals surface area (Å²) in [4.78, 5) is 1.07. The van der Waals surface area contributed by atoms with Crippen LogP contribution in [0.2, 0.25) is 5.02 Å². The fourth-order valence-corrected chi connectivity index (χ4v) is 2.55. The first kappa shape index (κ1) is 15.5. The lowest BCUT2D eigenvalue weighted by molar-refractivity contribution is 0.299. The smallest absolute Gasteiger partial charge is 0.170 e. The van der Waals surface area contributed by atoms with Gasteiger partial charge in [-0.2, -0.15) is 0 Å². The average Bonchev–Trinajstić information content (AvgIpc) is 2.53. The molecule has 0 fully saturated rings. The van der Waals surface area contributed by atoms with Gasteiger partial charge in [0.25, 0.3) is 0 Å². The normalized spacial score (nSPS) is 11.4. The highest BCUT2D eigenvalue weighted by Crippen LogP contribution is 2.28. The van der Waals surface area contributed by atoms with Gasteiger partial charge in [0.05, 0.1) is 0 Å². The fourth-order valence-electron chi connectivity index (χ4n) is 1.77. The molecule has 0 amide bonds. The zero-order valence-corrected chi connectivity index (χ0v) is 13.0. The van der Waals surface area contributed by atoms with Gasteiger partial charge >= 0.3 is 0 Å². The predicted molar refractivity (Wildman–Crippen MR) is 86.5 cm³/mol. The van der Waals surface area contributed by atoms with E-state index < -0.39 is 0 Å². The van der Waals surface area contributed by atoms with E-state index in [2.05, 4.69) is 5.16 Å². The molecule has 0 aromatic heterocycles. The Labute approximate surface area is 132 Å². The Morgan fingerprint density at radius 2 is 2.10 bits per heavy atom. The number of nitrogens with two attached hydrogens (primary N) is 1. The molecule has 0 aliphatic carbocycles. The fraction of sp³-hybridized carbons (Fsp3) is 0.133. The molecule has 6 heteroatoms. The topological polar surface area (TPSA) is 67.8 Å². The van der Waals surface area contributed by atoms with E-state index >= 15 is 0 Å². The molecule has 4 nitrogen and oxygen atoms in total. The zero-order chi connectivity index (χ0) is 15.2. The summed E-state index contributed by atoms with van der Waals surface area (Å²) in [5.41, 5.74) is 6.92. The Hall–Kier alpha value is -1.85. The molecule has 0 aliphatic rings. The van der Waals surface area contributed by atoms with Crippen LogP contribution in [0.15, 0.2) is 52.5 Å². The summed E-state index contributed by atoms with van der Waals surface area (Å²) < 4.78 is 5.81. The number of thioether (sulfide) groups is 1. The summed E-state index contributed by atoms with van der Waals surface area (Å²) >= 11 is 7.82. The highest BCUT2D eigenvalue weighted by molar-refractivity contribution is 7.98. The number of nitrogens with zero attached hydrogens (tertiary/aromatic N) is 1. The Balaban J connectivity index is 2.14. The molecule has 0 bridgehead atoms. The molecular weight excluding hydrogens is 308 g/mol. The molecule has 2 aromatic carbocycles. The molecule has 0 unspecified atom stereocenters. The molecule has 3 N–H and O–H groups in total. The van der Waals surface area contributed by atoms with Crippen LogP contribution in [0.25, 0.3) is 0 Å². The van der Waals surface area contributed by atoms with Gasteiger partial charge in [-0.1, -0.05) is 41.0 Å². The van der Waals surface area contributed by atoms with Crippen LogP contribution in [0.5, 0.6) is 5.75 Å². The van der Waals surface area contributed by atoms with Crippen molar-refractivity contribution in [3.8, 4) is 5.75 Å². The lowest BCUT2D eigenvalue weighted by Crippen LogP contribution is -2.13. The van der Waals surface area contributed by atoms with E-state index in [1.54, 1.807) is 30.0 Å². The zero-order valence-electron chi connectivity index (χ0n) is 11.4. The minimum Gasteiger partial charge on any atom is -0.488 e. The molecule has 0 radical (unpaired) electrons. The molecule has 2 rings (SSSR count). The lowest BCUT2D eigenvalue weighted by atomic mass is 10.1. The monoisotopic (exact) mass is 322 g/mol. The maximum atomic E-state index is 8.65. The minimum absolute atomic E-state index is 0.0251. The third-order valence-corrected chi connectivity index (χ3v) is 4.04. The van der Waals surface area contributed by atoms with E-state index in [9.17, 15) is 0 Å². The molecule has 0 saturated heterocycles. The van der Waals surface area contributed by atoms with Crippen LogP contribution >= 0.6 is 23.4 Å². The number of rotatable bonds is 5. The van der Waals surface area contributed by atoms with Gasteiger partial charge in [0.1, 0.15) is 12.4 Å².